The second-order valence-corrected chi connectivity index (χ2v) is 8.20. The van der Waals surface area contributed by atoms with Crippen molar-refractivity contribution in [2.24, 2.45) is 0 Å². The highest BCUT2D eigenvalue weighted by Gasteiger charge is 2.13. The van der Waals surface area contributed by atoms with E-state index in [2.05, 4.69) is 41.5 Å². The van der Waals surface area contributed by atoms with E-state index in [0.717, 1.165) is 10.6 Å². The SMILES string of the molecule is CC(C)c1ccc(-n2nnnc2SC[C@@H](O)COCc2cccs2)cc1. The Hall–Kier alpha value is -1.74. The number of aromatic nitrogens is 4. The van der Waals surface area contributed by atoms with Crippen LogP contribution in [-0.4, -0.2) is 43.8 Å². The fraction of sp³-hybridized carbons (Fsp3) is 0.389. The van der Waals surface area contributed by atoms with E-state index in [1.165, 1.54) is 17.3 Å². The molecule has 0 unspecified atom stereocenters. The molecule has 2 aromatic heterocycles. The molecular formula is C18H22N4O2S2. The van der Waals surface area contributed by atoms with E-state index in [4.69, 9.17) is 4.74 Å². The summed E-state index contributed by atoms with van der Waals surface area (Å²) in [5, 5.41) is 24.7. The smallest absolute Gasteiger partial charge is 0.214 e. The van der Waals surface area contributed by atoms with Crippen LogP contribution in [0.1, 0.15) is 30.2 Å². The molecule has 26 heavy (non-hydrogen) atoms. The minimum Gasteiger partial charge on any atom is -0.390 e. The maximum Gasteiger partial charge on any atom is 0.214 e. The highest BCUT2D eigenvalue weighted by atomic mass is 32.2. The molecule has 1 aromatic carbocycles. The first-order valence-electron chi connectivity index (χ1n) is 8.43. The second kappa shape index (κ2) is 9.27. The molecule has 1 atom stereocenters. The molecule has 6 nitrogen and oxygen atoms in total. The summed E-state index contributed by atoms with van der Waals surface area (Å²) in [5.41, 5.74) is 2.18. The van der Waals surface area contributed by atoms with Crippen molar-refractivity contribution in [1.29, 1.82) is 0 Å². The summed E-state index contributed by atoms with van der Waals surface area (Å²) in [5.74, 6) is 0.950. The van der Waals surface area contributed by atoms with Crippen LogP contribution in [-0.2, 0) is 11.3 Å². The highest BCUT2D eigenvalue weighted by molar-refractivity contribution is 7.99. The Bertz CT molecular complexity index is 788. The van der Waals surface area contributed by atoms with Gasteiger partial charge < -0.3 is 9.84 Å². The van der Waals surface area contributed by atoms with Gasteiger partial charge in [-0.15, -0.1) is 16.4 Å². The first kappa shape index (κ1) is 19.0. The molecule has 2 heterocycles. The largest absolute Gasteiger partial charge is 0.390 e. The zero-order valence-corrected chi connectivity index (χ0v) is 16.4. The van der Waals surface area contributed by atoms with Crippen LogP contribution in [0.15, 0.2) is 46.9 Å². The van der Waals surface area contributed by atoms with Crippen molar-refractivity contribution in [2.75, 3.05) is 12.4 Å². The fourth-order valence-electron chi connectivity index (χ4n) is 2.34. The van der Waals surface area contributed by atoms with Crippen LogP contribution in [0.2, 0.25) is 0 Å². The molecule has 3 rings (SSSR count). The Kier molecular flexibility index (Phi) is 6.79. The maximum absolute atomic E-state index is 10.1. The van der Waals surface area contributed by atoms with E-state index in [-0.39, 0.29) is 6.61 Å². The van der Waals surface area contributed by atoms with Crippen molar-refractivity contribution in [3.8, 4) is 5.69 Å². The van der Waals surface area contributed by atoms with Crippen molar-refractivity contribution < 1.29 is 9.84 Å². The number of thioether (sulfide) groups is 1. The third-order valence-corrected chi connectivity index (χ3v) is 5.70. The van der Waals surface area contributed by atoms with E-state index in [0.29, 0.717) is 23.4 Å². The number of rotatable bonds is 9. The van der Waals surface area contributed by atoms with Gasteiger partial charge >= 0.3 is 0 Å². The molecule has 0 fully saturated rings. The van der Waals surface area contributed by atoms with Crippen LogP contribution in [0.5, 0.6) is 0 Å². The van der Waals surface area contributed by atoms with Gasteiger partial charge in [0.15, 0.2) is 0 Å². The molecule has 0 amide bonds. The average molecular weight is 391 g/mol. The van der Waals surface area contributed by atoms with Crippen LogP contribution in [0.3, 0.4) is 0 Å². The van der Waals surface area contributed by atoms with Gasteiger partial charge in [0.05, 0.1) is 25.0 Å². The van der Waals surface area contributed by atoms with Crippen molar-refractivity contribution in [3.63, 3.8) is 0 Å². The maximum atomic E-state index is 10.1. The predicted molar refractivity (Wildman–Crippen MR) is 104 cm³/mol. The number of tetrazole rings is 1. The number of thiophene rings is 1. The monoisotopic (exact) mass is 390 g/mol. The van der Waals surface area contributed by atoms with Gasteiger partial charge in [0.1, 0.15) is 0 Å². The van der Waals surface area contributed by atoms with E-state index in [1.807, 2.05) is 29.6 Å². The van der Waals surface area contributed by atoms with Gasteiger partial charge in [0.25, 0.3) is 0 Å². The Morgan fingerprint density at radius 3 is 2.73 bits per heavy atom. The summed E-state index contributed by atoms with van der Waals surface area (Å²) in [6, 6.07) is 12.2. The zero-order chi connectivity index (χ0) is 18.4. The normalized spacial score (nSPS) is 12.6. The average Bonchev–Trinajstić information content (AvgIpc) is 3.32. The van der Waals surface area contributed by atoms with Crippen molar-refractivity contribution in [3.05, 3.63) is 52.2 Å². The summed E-state index contributed by atoms with van der Waals surface area (Å²) in [6.45, 7) is 5.14. The van der Waals surface area contributed by atoms with Crippen LogP contribution in [0.4, 0.5) is 0 Å². The Morgan fingerprint density at radius 1 is 1.23 bits per heavy atom. The lowest BCUT2D eigenvalue weighted by atomic mass is 10.0. The Labute approximate surface area is 161 Å². The third-order valence-electron chi connectivity index (χ3n) is 3.78. The molecule has 1 N–H and O–H groups in total. The van der Waals surface area contributed by atoms with Gasteiger partial charge in [0, 0.05) is 10.6 Å². The van der Waals surface area contributed by atoms with Gasteiger partial charge in [-0.25, -0.2) is 0 Å². The molecule has 0 saturated heterocycles. The molecule has 8 heteroatoms. The lowest BCUT2D eigenvalue weighted by Gasteiger charge is -2.11. The van der Waals surface area contributed by atoms with Gasteiger partial charge in [-0.1, -0.05) is 43.8 Å². The van der Waals surface area contributed by atoms with Crippen molar-refractivity contribution >= 4 is 23.1 Å². The lowest BCUT2D eigenvalue weighted by molar-refractivity contribution is 0.0409. The Morgan fingerprint density at radius 2 is 2.04 bits per heavy atom. The Balaban J connectivity index is 1.51. The molecule has 0 spiro atoms. The minimum atomic E-state index is -0.576. The predicted octanol–water partition coefficient (Wildman–Crippen LogP) is 3.52. The van der Waals surface area contributed by atoms with Crippen LogP contribution >= 0.6 is 23.1 Å². The summed E-state index contributed by atoms with van der Waals surface area (Å²) in [4.78, 5) is 1.15. The van der Waals surface area contributed by atoms with E-state index in [1.54, 1.807) is 16.0 Å². The number of benzene rings is 1. The van der Waals surface area contributed by atoms with Crippen molar-refractivity contribution in [1.82, 2.24) is 20.2 Å². The molecule has 0 aliphatic heterocycles. The van der Waals surface area contributed by atoms with E-state index < -0.39 is 6.10 Å². The second-order valence-electron chi connectivity index (χ2n) is 6.18. The molecule has 0 aliphatic carbocycles. The molecule has 0 bridgehead atoms. The standard InChI is InChI=1S/C18H22N4O2S2/c1-13(2)14-5-7-15(8-6-14)22-18(19-20-21-22)26-12-16(23)10-24-11-17-4-3-9-25-17/h3-9,13,16,23H,10-12H2,1-2H3/t16-/m0/s1. The molecule has 0 aliphatic rings. The van der Waals surface area contributed by atoms with E-state index >= 15 is 0 Å². The van der Waals surface area contributed by atoms with Gasteiger partial charge in [-0.2, -0.15) is 4.68 Å². The van der Waals surface area contributed by atoms with Crippen LogP contribution < -0.4 is 0 Å². The fourth-order valence-corrected chi connectivity index (χ4v) is 3.78. The first-order chi connectivity index (χ1) is 12.6. The lowest BCUT2D eigenvalue weighted by Crippen LogP contribution is -2.18. The topological polar surface area (TPSA) is 73.1 Å². The zero-order valence-electron chi connectivity index (χ0n) is 14.8. The van der Waals surface area contributed by atoms with Crippen LogP contribution in [0, 0.1) is 0 Å². The third kappa shape index (κ3) is 5.14. The van der Waals surface area contributed by atoms with Gasteiger partial charge in [-0.05, 0) is 45.5 Å². The number of aliphatic hydroxyl groups excluding tert-OH is 1. The van der Waals surface area contributed by atoms with Crippen molar-refractivity contribution in [2.45, 2.75) is 37.6 Å². The number of aliphatic hydroxyl groups is 1. The first-order valence-corrected chi connectivity index (χ1v) is 10.3. The summed E-state index contributed by atoms with van der Waals surface area (Å²) in [7, 11) is 0. The van der Waals surface area contributed by atoms with Gasteiger partial charge in [-0.3, -0.25) is 0 Å². The number of nitrogens with zero attached hydrogens (tertiary/aromatic N) is 4. The number of ether oxygens (including phenoxy) is 1. The summed E-state index contributed by atoms with van der Waals surface area (Å²) >= 11 is 3.06. The van der Waals surface area contributed by atoms with Gasteiger partial charge in [0.2, 0.25) is 5.16 Å². The van der Waals surface area contributed by atoms with Crippen LogP contribution in [0.25, 0.3) is 5.69 Å². The molecule has 0 radical (unpaired) electrons. The molecule has 138 valence electrons. The summed E-state index contributed by atoms with van der Waals surface area (Å²) < 4.78 is 7.24. The number of hydrogen-bond acceptors (Lipinski definition) is 7. The molecular weight excluding hydrogens is 368 g/mol. The highest BCUT2D eigenvalue weighted by Crippen LogP contribution is 2.21. The molecule has 3 aromatic rings. The minimum absolute atomic E-state index is 0.287. The quantitative estimate of drug-likeness (QED) is 0.564. The molecule has 0 saturated carbocycles. The summed E-state index contributed by atoms with van der Waals surface area (Å²) in [6.07, 6.45) is -0.576. The van der Waals surface area contributed by atoms with E-state index in [9.17, 15) is 5.11 Å². The number of hydrogen-bond donors (Lipinski definition) is 1.